The number of imidazole rings is 1. The van der Waals surface area contributed by atoms with Gasteiger partial charge in [-0.1, -0.05) is 62.4 Å². The van der Waals surface area contributed by atoms with Crippen LogP contribution in [0.4, 0.5) is 4.79 Å². The Balaban J connectivity index is 1.39. The van der Waals surface area contributed by atoms with Crippen LogP contribution in [0.2, 0.25) is 0 Å². The predicted octanol–water partition coefficient (Wildman–Crippen LogP) is 3.87. The van der Waals surface area contributed by atoms with Crippen LogP contribution in [-0.4, -0.2) is 57.1 Å². The summed E-state index contributed by atoms with van der Waals surface area (Å²) in [5, 5.41) is 14.9. The Morgan fingerprint density at radius 1 is 1.14 bits per heavy atom. The summed E-state index contributed by atoms with van der Waals surface area (Å²) in [4.78, 5) is 33.3. The minimum Gasteiger partial charge on any atom is -0.465 e. The third kappa shape index (κ3) is 6.11. The van der Waals surface area contributed by atoms with Gasteiger partial charge in [-0.15, -0.1) is 0 Å². The van der Waals surface area contributed by atoms with Gasteiger partial charge < -0.3 is 31.4 Å². The van der Waals surface area contributed by atoms with Crippen LogP contribution in [0.25, 0.3) is 28.1 Å². The molecule has 9 nitrogen and oxygen atoms in total. The predicted molar refractivity (Wildman–Crippen MR) is 144 cm³/mol. The van der Waals surface area contributed by atoms with Gasteiger partial charge in [0.05, 0.1) is 23.9 Å². The van der Waals surface area contributed by atoms with Crippen molar-refractivity contribution in [2.75, 3.05) is 13.1 Å². The maximum Gasteiger partial charge on any atom is 0.405 e. The van der Waals surface area contributed by atoms with Crippen molar-refractivity contribution in [1.29, 1.82) is 0 Å². The van der Waals surface area contributed by atoms with Gasteiger partial charge in [-0.3, -0.25) is 4.79 Å². The molecule has 2 heterocycles. The number of likely N-dealkylation sites (tertiary alicyclic amines) is 1. The van der Waals surface area contributed by atoms with Gasteiger partial charge in [0.2, 0.25) is 5.91 Å². The fraction of sp³-hybridized carbons (Fsp3) is 0.321. The molecule has 0 aliphatic carbocycles. The molecule has 6 N–H and O–H groups in total. The molecule has 1 aromatic heterocycles. The number of carboxylic acid groups (broad SMARTS) is 1. The standard InChI is InChI=1S/C28H34N6O3/c1-18(2)26(33-28(36)37)27(35)34-13-3-4-23(34)15-31-24(14-29)21-9-5-19(6-10-21)20-7-11-22(12-8-20)25-16-30-17-32-25/h5-12,14,16-18,23,26,31,33H,3-4,13,15,29H2,1-2H3,(H,30,32)(H,36,37)/b24-14-/t23-,26?/m0/s1. The van der Waals surface area contributed by atoms with Gasteiger partial charge in [0.1, 0.15) is 6.04 Å². The normalized spacial score (nSPS) is 16.6. The van der Waals surface area contributed by atoms with Gasteiger partial charge in [-0.2, -0.15) is 0 Å². The molecule has 1 aliphatic rings. The van der Waals surface area contributed by atoms with Crippen molar-refractivity contribution in [3.8, 4) is 22.4 Å². The number of benzene rings is 2. The van der Waals surface area contributed by atoms with Gasteiger partial charge in [0.15, 0.2) is 0 Å². The number of aromatic nitrogens is 2. The van der Waals surface area contributed by atoms with E-state index >= 15 is 0 Å². The lowest BCUT2D eigenvalue weighted by Gasteiger charge is -2.31. The Hall–Kier alpha value is -4.27. The number of carbonyl (C=O) groups excluding carboxylic acids is 1. The van der Waals surface area contributed by atoms with E-state index in [1.807, 2.05) is 26.0 Å². The number of H-pyrrole nitrogens is 1. The zero-order chi connectivity index (χ0) is 26.4. The van der Waals surface area contributed by atoms with Crippen LogP contribution in [0.5, 0.6) is 0 Å². The number of amides is 2. The Kier molecular flexibility index (Phi) is 8.12. The number of rotatable bonds is 9. The number of carbonyl (C=O) groups is 2. The first-order chi connectivity index (χ1) is 17.9. The van der Waals surface area contributed by atoms with Crippen LogP contribution in [0, 0.1) is 5.92 Å². The molecule has 0 radical (unpaired) electrons. The van der Waals surface area contributed by atoms with Crippen molar-refractivity contribution < 1.29 is 14.7 Å². The molecule has 0 bridgehead atoms. The highest BCUT2D eigenvalue weighted by atomic mass is 16.4. The first-order valence-corrected chi connectivity index (χ1v) is 12.5. The number of nitrogens with two attached hydrogens (primary N) is 1. The summed E-state index contributed by atoms with van der Waals surface area (Å²) in [6, 6.07) is 15.7. The SMILES string of the molecule is CC(C)C(NC(=O)O)C(=O)N1CCC[C@H]1CN/C(=C\N)c1ccc(-c2ccc(-c3cnc[nH]3)cc2)cc1. The third-order valence-corrected chi connectivity index (χ3v) is 6.79. The Morgan fingerprint density at radius 3 is 2.35 bits per heavy atom. The van der Waals surface area contributed by atoms with Crippen molar-refractivity contribution in [2.45, 2.75) is 38.8 Å². The molecule has 9 heteroatoms. The molecular weight excluding hydrogens is 468 g/mol. The Bertz CT molecular complexity index is 1220. The summed E-state index contributed by atoms with van der Waals surface area (Å²) in [5.41, 5.74) is 11.9. The van der Waals surface area contributed by atoms with Crippen molar-refractivity contribution in [2.24, 2.45) is 11.7 Å². The maximum atomic E-state index is 13.1. The zero-order valence-electron chi connectivity index (χ0n) is 21.1. The molecule has 2 aromatic carbocycles. The molecule has 1 saturated heterocycles. The summed E-state index contributed by atoms with van der Waals surface area (Å²) < 4.78 is 0. The van der Waals surface area contributed by atoms with Crippen LogP contribution in [0.3, 0.4) is 0 Å². The first kappa shape index (κ1) is 25.8. The number of nitrogens with one attached hydrogen (secondary N) is 3. The monoisotopic (exact) mass is 502 g/mol. The second-order valence-corrected chi connectivity index (χ2v) is 9.58. The lowest BCUT2D eigenvalue weighted by molar-refractivity contribution is -0.135. The van der Waals surface area contributed by atoms with Crippen LogP contribution in [0.1, 0.15) is 32.3 Å². The third-order valence-electron chi connectivity index (χ3n) is 6.79. The summed E-state index contributed by atoms with van der Waals surface area (Å²) in [5.74, 6) is -0.319. The molecule has 4 rings (SSSR count). The average Bonchev–Trinajstić information content (AvgIpc) is 3.60. The van der Waals surface area contributed by atoms with E-state index in [1.165, 1.54) is 6.20 Å². The highest BCUT2D eigenvalue weighted by Gasteiger charge is 2.35. The van der Waals surface area contributed by atoms with Crippen LogP contribution in [-0.2, 0) is 4.79 Å². The van der Waals surface area contributed by atoms with E-state index in [0.717, 1.165) is 46.5 Å². The molecule has 2 amide bonds. The topological polar surface area (TPSA) is 136 Å². The fourth-order valence-electron chi connectivity index (χ4n) is 4.75. The first-order valence-electron chi connectivity index (χ1n) is 12.5. The lowest BCUT2D eigenvalue weighted by Crippen LogP contribution is -2.53. The molecule has 2 atom stereocenters. The van der Waals surface area contributed by atoms with Crippen molar-refractivity contribution in [3.05, 3.63) is 72.8 Å². The van der Waals surface area contributed by atoms with Crippen LogP contribution < -0.4 is 16.4 Å². The molecular formula is C28H34N6O3. The number of hydrogen-bond acceptors (Lipinski definition) is 5. The largest absolute Gasteiger partial charge is 0.465 e. The molecule has 37 heavy (non-hydrogen) atoms. The van der Waals surface area contributed by atoms with Gasteiger partial charge >= 0.3 is 6.09 Å². The number of hydrogen-bond donors (Lipinski definition) is 5. The molecule has 1 aliphatic heterocycles. The van der Waals surface area contributed by atoms with E-state index in [-0.39, 0.29) is 17.9 Å². The van der Waals surface area contributed by atoms with E-state index < -0.39 is 12.1 Å². The molecule has 0 saturated carbocycles. The molecule has 3 aromatic rings. The van der Waals surface area contributed by atoms with Gasteiger partial charge in [0, 0.05) is 25.3 Å². The van der Waals surface area contributed by atoms with Gasteiger partial charge in [0.25, 0.3) is 0 Å². The summed E-state index contributed by atoms with van der Waals surface area (Å²) in [6.45, 7) is 4.83. The summed E-state index contributed by atoms with van der Waals surface area (Å²) in [6.07, 6.45) is 5.55. The fourth-order valence-corrected chi connectivity index (χ4v) is 4.75. The number of nitrogens with zero attached hydrogens (tertiary/aromatic N) is 2. The maximum absolute atomic E-state index is 13.1. The Labute approximate surface area is 216 Å². The van der Waals surface area contributed by atoms with Crippen molar-refractivity contribution in [3.63, 3.8) is 0 Å². The van der Waals surface area contributed by atoms with Crippen LogP contribution in [0.15, 0.2) is 67.3 Å². The van der Waals surface area contributed by atoms with E-state index in [0.29, 0.717) is 13.1 Å². The van der Waals surface area contributed by atoms with E-state index in [2.05, 4.69) is 57.0 Å². The Morgan fingerprint density at radius 2 is 1.78 bits per heavy atom. The molecule has 194 valence electrons. The minimum absolute atomic E-state index is 0.0352. The van der Waals surface area contributed by atoms with Gasteiger partial charge in [-0.25, -0.2) is 9.78 Å². The van der Waals surface area contributed by atoms with Crippen molar-refractivity contribution >= 4 is 17.7 Å². The number of aromatic amines is 1. The second kappa shape index (κ2) is 11.6. The highest BCUT2D eigenvalue weighted by molar-refractivity contribution is 5.86. The average molecular weight is 503 g/mol. The second-order valence-electron chi connectivity index (χ2n) is 9.58. The lowest BCUT2D eigenvalue weighted by atomic mass is 10.0. The highest BCUT2D eigenvalue weighted by Crippen LogP contribution is 2.25. The summed E-state index contributed by atoms with van der Waals surface area (Å²) >= 11 is 0. The zero-order valence-corrected chi connectivity index (χ0v) is 21.1. The van der Waals surface area contributed by atoms with E-state index in [1.54, 1.807) is 17.4 Å². The molecule has 0 spiro atoms. The smallest absolute Gasteiger partial charge is 0.405 e. The molecule has 1 fully saturated rings. The van der Waals surface area contributed by atoms with Crippen LogP contribution >= 0.6 is 0 Å². The minimum atomic E-state index is -1.19. The quantitative estimate of drug-likeness (QED) is 0.301. The summed E-state index contributed by atoms with van der Waals surface area (Å²) in [7, 11) is 0. The van der Waals surface area contributed by atoms with Gasteiger partial charge in [-0.05, 0) is 41.0 Å². The van der Waals surface area contributed by atoms with Crippen molar-refractivity contribution in [1.82, 2.24) is 25.5 Å². The van der Waals surface area contributed by atoms with E-state index in [4.69, 9.17) is 10.8 Å². The van der Waals surface area contributed by atoms with E-state index in [9.17, 15) is 9.59 Å². The molecule has 1 unspecified atom stereocenters.